The summed E-state index contributed by atoms with van der Waals surface area (Å²) in [6, 6.07) is 30.6. The first-order valence-corrected chi connectivity index (χ1v) is 9.16. The number of hydrogen-bond donors (Lipinski definition) is 0. The van der Waals surface area contributed by atoms with Gasteiger partial charge in [-0.15, -0.1) is 5.10 Å². The summed E-state index contributed by atoms with van der Waals surface area (Å²) in [7, 11) is 1.94. The van der Waals surface area contributed by atoms with Crippen LogP contribution in [0.5, 0.6) is 0 Å². The number of para-hydroxylation sites is 2. The second-order valence-electron chi connectivity index (χ2n) is 6.42. The van der Waals surface area contributed by atoms with Gasteiger partial charge in [0.2, 0.25) is 0 Å². The molecule has 138 valence electrons. The zero-order valence-electron chi connectivity index (χ0n) is 15.7. The summed E-state index contributed by atoms with van der Waals surface area (Å²) in [5.41, 5.74) is 3.26. The van der Waals surface area contributed by atoms with E-state index in [0.29, 0.717) is 12.5 Å². The van der Waals surface area contributed by atoms with E-state index in [0.717, 1.165) is 17.2 Å². The molecular weight excluding hydrogens is 346 g/mol. The molecule has 1 aromatic heterocycles. The van der Waals surface area contributed by atoms with E-state index in [2.05, 4.69) is 39.4 Å². The van der Waals surface area contributed by atoms with Gasteiger partial charge in [-0.25, -0.2) is 0 Å². The first kappa shape index (κ1) is 17.7. The standard InChI is InChI=1S/C23H21N5/c1-27(20-13-7-3-8-14-20)23-25-22(17-24-26-23)28(21-15-9-4-10-16-21)18-19-11-5-2-6-12-19/h2-17H,18H2,1H3. The highest BCUT2D eigenvalue weighted by atomic mass is 15.3. The van der Waals surface area contributed by atoms with E-state index in [1.807, 2.05) is 78.7 Å². The second-order valence-corrected chi connectivity index (χ2v) is 6.42. The van der Waals surface area contributed by atoms with E-state index in [9.17, 15) is 0 Å². The van der Waals surface area contributed by atoms with Crippen molar-refractivity contribution in [1.29, 1.82) is 0 Å². The highest BCUT2D eigenvalue weighted by Crippen LogP contribution is 2.27. The molecular formula is C23H21N5. The van der Waals surface area contributed by atoms with E-state index in [1.54, 1.807) is 6.20 Å². The van der Waals surface area contributed by atoms with Crippen LogP contribution in [0.2, 0.25) is 0 Å². The van der Waals surface area contributed by atoms with E-state index < -0.39 is 0 Å². The van der Waals surface area contributed by atoms with Crippen LogP contribution in [0.1, 0.15) is 5.56 Å². The predicted octanol–water partition coefficient (Wildman–Crippen LogP) is 4.98. The van der Waals surface area contributed by atoms with Gasteiger partial charge in [0.15, 0.2) is 5.82 Å². The van der Waals surface area contributed by atoms with Crippen molar-refractivity contribution in [3.05, 3.63) is 103 Å². The quantitative estimate of drug-likeness (QED) is 0.481. The SMILES string of the molecule is CN(c1ccccc1)c1nncc(N(Cc2ccccc2)c2ccccc2)n1. The maximum Gasteiger partial charge on any atom is 0.251 e. The molecule has 0 fully saturated rings. The maximum atomic E-state index is 4.80. The highest BCUT2D eigenvalue weighted by molar-refractivity contribution is 5.62. The Morgan fingerprint density at radius 2 is 1.29 bits per heavy atom. The van der Waals surface area contributed by atoms with Crippen LogP contribution in [0.25, 0.3) is 0 Å². The van der Waals surface area contributed by atoms with E-state index in [-0.39, 0.29) is 0 Å². The van der Waals surface area contributed by atoms with Crippen LogP contribution in [0.3, 0.4) is 0 Å². The van der Waals surface area contributed by atoms with Gasteiger partial charge >= 0.3 is 0 Å². The fourth-order valence-corrected chi connectivity index (χ4v) is 3.00. The Morgan fingerprint density at radius 1 is 0.714 bits per heavy atom. The van der Waals surface area contributed by atoms with Crippen molar-refractivity contribution < 1.29 is 0 Å². The maximum absolute atomic E-state index is 4.80. The van der Waals surface area contributed by atoms with Crippen LogP contribution in [0.15, 0.2) is 97.2 Å². The summed E-state index contributed by atoms with van der Waals surface area (Å²) < 4.78 is 0. The number of benzene rings is 3. The Labute approximate surface area is 164 Å². The van der Waals surface area contributed by atoms with E-state index in [4.69, 9.17) is 4.98 Å². The smallest absolute Gasteiger partial charge is 0.251 e. The topological polar surface area (TPSA) is 45.2 Å². The average Bonchev–Trinajstić information content (AvgIpc) is 2.79. The van der Waals surface area contributed by atoms with Gasteiger partial charge in [0.1, 0.15) is 0 Å². The second kappa shape index (κ2) is 8.31. The molecule has 5 heteroatoms. The Hall–Kier alpha value is -3.73. The van der Waals surface area contributed by atoms with Crippen molar-refractivity contribution in [2.45, 2.75) is 6.54 Å². The summed E-state index contributed by atoms with van der Waals surface area (Å²) in [6.07, 6.45) is 1.71. The molecule has 5 nitrogen and oxygen atoms in total. The molecule has 0 saturated heterocycles. The molecule has 4 aromatic rings. The monoisotopic (exact) mass is 367 g/mol. The molecule has 0 aliphatic heterocycles. The van der Waals surface area contributed by atoms with Crippen LogP contribution < -0.4 is 9.80 Å². The Balaban J connectivity index is 1.70. The summed E-state index contributed by atoms with van der Waals surface area (Å²) in [5, 5.41) is 8.46. The van der Waals surface area contributed by atoms with E-state index in [1.165, 1.54) is 5.56 Å². The fourth-order valence-electron chi connectivity index (χ4n) is 3.00. The van der Waals surface area contributed by atoms with Crippen LogP contribution in [-0.4, -0.2) is 22.2 Å². The van der Waals surface area contributed by atoms with Crippen LogP contribution in [-0.2, 0) is 6.54 Å². The van der Waals surface area contributed by atoms with Crippen molar-refractivity contribution in [2.75, 3.05) is 16.8 Å². The van der Waals surface area contributed by atoms with Crippen LogP contribution in [0, 0.1) is 0 Å². The fraction of sp³-hybridized carbons (Fsp3) is 0.0870. The molecule has 0 atom stereocenters. The molecule has 3 aromatic carbocycles. The van der Waals surface area contributed by atoms with Crippen molar-refractivity contribution in [3.8, 4) is 0 Å². The highest BCUT2D eigenvalue weighted by Gasteiger charge is 2.15. The molecule has 0 bridgehead atoms. The van der Waals surface area contributed by atoms with Gasteiger partial charge in [-0.2, -0.15) is 10.1 Å². The minimum Gasteiger partial charge on any atom is -0.321 e. The molecule has 0 saturated carbocycles. The molecule has 0 unspecified atom stereocenters. The summed E-state index contributed by atoms with van der Waals surface area (Å²) in [5.74, 6) is 1.31. The van der Waals surface area contributed by atoms with Crippen molar-refractivity contribution in [1.82, 2.24) is 15.2 Å². The van der Waals surface area contributed by atoms with Gasteiger partial charge in [-0.3, -0.25) is 0 Å². The van der Waals surface area contributed by atoms with Gasteiger partial charge in [0.25, 0.3) is 5.95 Å². The lowest BCUT2D eigenvalue weighted by Gasteiger charge is -2.25. The summed E-state index contributed by atoms with van der Waals surface area (Å²) in [4.78, 5) is 8.88. The number of nitrogens with zero attached hydrogens (tertiary/aromatic N) is 5. The van der Waals surface area contributed by atoms with Crippen molar-refractivity contribution in [3.63, 3.8) is 0 Å². The number of hydrogen-bond acceptors (Lipinski definition) is 5. The molecule has 0 spiro atoms. The summed E-state index contributed by atoms with van der Waals surface area (Å²) in [6.45, 7) is 0.692. The zero-order valence-corrected chi connectivity index (χ0v) is 15.7. The molecule has 0 amide bonds. The minimum atomic E-state index is 0.553. The molecule has 0 aliphatic rings. The minimum absolute atomic E-state index is 0.553. The molecule has 0 radical (unpaired) electrons. The molecule has 28 heavy (non-hydrogen) atoms. The van der Waals surface area contributed by atoms with Crippen molar-refractivity contribution >= 4 is 23.1 Å². The number of rotatable bonds is 6. The lowest BCUT2D eigenvalue weighted by atomic mass is 10.2. The summed E-state index contributed by atoms with van der Waals surface area (Å²) >= 11 is 0. The number of anilines is 4. The van der Waals surface area contributed by atoms with E-state index >= 15 is 0 Å². The zero-order chi connectivity index (χ0) is 19.2. The molecule has 0 N–H and O–H groups in total. The largest absolute Gasteiger partial charge is 0.321 e. The Morgan fingerprint density at radius 3 is 1.93 bits per heavy atom. The lowest BCUT2D eigenvalue weighted by molar-refractivity contribution is 0.878. The Kier molecular flexibility index (Phi) is 5.24. The van der Waals surface area contributed by atoms with Gasteiger partial charge in [0, 0.05) is 25.0 Å². The predicted molar refractivity (Wildman–Crippen MR) is 113 cm³/mol. The van der Waals surface area contributed by atoms with Gasteiger partial charge in [-0.1, -0.05) is 66.7 Å². The molecule has 0 aliphatic carbocycles. The lowest BCUT2D eigenvalue weighted by Crippen LogP contribution is -2.20. The Bertz CT molecular complexity index is 1010. The van der Waals surface area contributed by atoms with Gasteiger partial charge in [-0.05, 0) is 29.8 Å². The van der Waals surface area contributed by atoms with Crippen LogP contribution >= 0.6 is 0 Å². The molecule has 4 rings (SSSR count). The van der Waals surface area contributed by atoms with Crippen LogP contribution in [0.4, 0.5) is 23.1 Å². The van der Waals surface area contributed by atoms with Crippen molar-refractivity contribution in [2.24, 2.45) is 0 Å². The van der Waals surface area contributed by atoms with Gasteiger partial charge in [0.05, 0.1) is 6.20 Å². The third-order valence-corrected chi connectivity index (χ3v) is 4.51. The normalized spacial score (nSPS) is 10.5. The first-order chi connectivity index (χ1) is 13.8. The molecule has 1 heterocycles. The van der Waals surface area contributed by atoms with Gasteiger partial charge < -0.3 is 9.80 Å². The average molecular weight is 367 g/mol. The third-order valence-electron chi connectivity index (χ3n) is 4.51. The third kappa shape index (κ3) is 3.99. The number of aromatic nitrogens is 3. The first-order valence-electron chi connectivity index (χ1n) is 9.16.